The molecule has 1 saturated carbocycles. The first kappa shape index (κ1) is 22.9. The number of hydrogen-bond donors (Lipinski definition) is 0. The van der Waals surface area contributed by atoms with Gasteiger partial charge in [-0.25, -0.2) is 0 Å². The maximum atomic E-state index is 13.1. The van der Waals surface area contributed by atoms with Crippen LogP contribution in [0.25, 0.3) is 0 Å². The predicted octanol–water partition coefficient (Wildman–Crippen LogP) is 3.65. The predicted molar refractivity (Wildman–Crippen MR) is 111 cm³/mol. The van der Waals surface area contributed by atoms with E-state index in [1.165, 1.54) is 18.2 Å². The summed E-state index contributed by atoms with van der Waals surface area (Å²) in [4.78, 5) is 28.8. The number of carbonyl (C=O) groups is 2. The van der Waals surface area contributed by atoms with Crippen molar-refractivity contribution in [1.29, 1.82) is 0 Å². The Bertz CT molecular complexity index is 602. The largest absolute Gasteiger partial charge is 0.408 e. The fourth-order valence-corrected chi connectivity index (χ4v) is 4.34. The lowest BCUT2D eigenvalue weighted by Gasteiger charge is -2.36. The molecule has 1 fully saturated rings. The number of ketones is 1. The zero-order valence-corrected chi connectivity index (χ0v) is 18.2. The summed E-state index contributed by atoms with van der Waals surface area (Å²) >= 11 is 1.47. The number of aromatic nitrogens is 2. The summed E-state index contributed by atoms with van der Waals surface area (Å²) in [6.07, 6.45) is 9.69. The summed E-state index contributed by atoms with van der Waals surface area (Å²) in [7, 11) is 4.07. The van der Waals surface area contributed by atoms with Crippen molar-refractivity contribution in [2.24, 2.45) is 0 Å². The van der Waals surface area contributed by atoms with Gasteiger partial charge >= 0.3 is 0 Å². The lowest BCUT2D eigenvalue weighted by molar-refractivity contribution is -0.122. The van der Waals surface area contributed by atoms with Gasteiger partial charge in [0.15, 0.2) is 0 Å². The Balaban J connectivity index is 2.04. The van der Waals surface area contributed by atoms with E-state index in [9.17, 15) is 9.59 Å². The summed E-state index contributed by atoms with van der Waals surface area (Å²) in [5.74, 6) is 0.660. The second-order valence-electron chi connectivity index (χ2n) is 7.75. The summed E-state index contributed by atoms with van der Waals surface area (Å²) < 4.78 is 5.63. The first-order valence-corrected chi connectivity index (χ1v) is 11.4. The van der Waals surface area contributed by atoms with Gasteiger partial charge in [-0.1, -0.05) is 50.8 Å². The van der Waals surface area contributed by atoms with Crippen LogP contribution in [0.3, 0.4) is 0 Å². The zero-order valence-electron chi connectivity index (χ0n) is 17.4. The Kier molecular flexibility index (Phi) is 9.98. The molecule has 0 N–H and O–H groups in total. The van der Waals surface area contributed by atoms with Gasteiger partial charge < -0.3 is 14.2 Å². The smallest absolute Gasteiger partial charge is 0.286 e. The highest BCUT2D eigenvalue weighted by molar-refractivity contribution is 7.99. The maximum absolute atomic E-state index is 13.1. The second-order valence-corrected chi connectivity index (χ2v) is 8.79. The van der Waals surface area contributed by atoms with Crippen LogP contribution in [0.5, 0.6) is 0 Å². The highest BCUT2D eigenvalue weighted by Crippen LogP contribution is 2.26. The lowest BCUT2D eigenvalue weighted by atomic mass is 9.92. The van der Waals surface area contributed by atoms with Gasteiger partial charge in [-0.3, -0.25) is 9.59 Å². The number of amides is 1. The van der Waals surface area contributed by atoms with Gasteiger partial charge in [-0.05, 0) is 46.3 Å². The van der Waals surface area contributed by atoms with Crippen LogP contribution >= 0.6 is 11.8 Å². The van der Waals surface area contributed by atoms with Crippen LogP contribution in [-0.2, 0) is 4.79 Å². The third-order valence-corrected chi connectivity index (χ3v) is 6.11. The molecular weight excluding hydrogens is 376 g/mol. The van der Waals surface area contributed by atoms with E-state index >= 15 is 0 Å². The topological polar surface area (TPSA) is 79.5 Å². The van der Waals surface area contributed by atoms with Crippen molar-refractivity contribution in [3.05, 3.63) is 5.89 Å². The van der Waals surface area contributed by atoms with Crippen molar-refractivity contribution < 1.29 is 14.0 Å². The molecule has 1 aromatic rings. The molecule has 0 spiro atoms. The van der Waals surface area contributed by atoms with E-state index in [1.54, 1.807) is 4.90 Å². The lowest BCUT2D eigenvalue weighted by Crippen LogP contribution is -2.47. The minimum absolute atomic E-state index is 0.0267. The molecule has 2 rings (SSSR count). The molecule has 7 nitrogen and oxygen atoms in total. The molecule has 8 heteroatoms. The Morgan fingerprint density at radius 3 is 2.64 bits per heavy atom. The first-order valence-electron chi connectivity index (χ1n) is 10.4. The molecule has 0 aliphatic heterocycles. The SMILES string of the molecule is CCCCC(C(=O)c1nnc(SCCCN(C)C)o1)N(C=O)C1CCCCC1. The fourth-order valence-electron chi connectivity index (χ4n) is 3.66. The van der Waals surface area contributed by atoms with E-state index in [4.69, 9.17) is 4.42 Å². The molecule has 28 heavy (non-hydrogen) atoms. The van der Waals surface area contributed by atoms with Crippen LogP contribution in [0, 0.1) is 0 Å². The van der Waals surface area contributed by atoms with E-state index in [2.05, 4.69) is 22.0 Å². The quantitative estimate of drug-likeness (QED) is 0.212. The Morgan fingerprint density at radius 2 is 2.00 bits per heavy atom. The summed E-state index contributed by atoms with van der Waals surface area (Å²) in [6, 6.07) is -0.368. The molecular formula is C20H34N4O3S. The number of Topliss-reactive ketones (excluding diaryl/α,β-unsaturated/α-hetero) is 1. The molecule has 1 aliphatic carbocycles. The van der Waals surface area contributed by atoms with Crippen LogP contribution < -0.4 is 0 Å². The van der Waals surface area contributed by atoms with Crippen LogP contribution in [0.1, 0.15) is 75.4 Å². The highest BCUT2D eigenvalue weighted by atomic mass is 32.2. The molecule has 0 bridgehead atoms. The van der Waals surface area contributed by atoms with Crippen LogP contribution in [0.2, 0.25) is 0 Å². The maximum Gasteiger partial charge on any atom is 0.286 e. The van der Waals surface area contributed by atoms with Gasteiger partial charge in [-0.15, -0.1) is 10.2 Å². The Morgan fingerprint density at radius 1 is 1.25 bits per heavy atom. The number of rotatable bonds is 13. The number of thioether (sulfide) groups is 1. The minimum atomic E-state index is -0.507. The summed E-state index contributed by atoms with van der Waals surface area (Å²) in [5.41, 5.74) is 0. The molecule has 158 valence electrons. The van der Waals surface area contributed by atoms with Gasteiger partial charge in [0.1, 0.15) is 6.04 Å². The highest BCUT2D eigenvalue weighted by Gasteiger charge is 2.34. The van der Waals surface area contributed by atoms with Crippen molar-refractivity contribution in [2.45, 2.75) is 82.0 Å². The number of unbranched alkanes of at least 4 members (excludes halogenated alkanes) is 1. The van der Waals surface area contributed by atoms with E-state index in [-0.39, 0.29) is 17.7 Å². The standard InChI is InChI=1S/C20H34N4O3S/c1-4-5-12-17(24(15-25)16-10-7-6-8-11-16)18(26)19-21-22-20(27-19)28-14-9-13-23(2)3/h15-17H,4-14H2,1-3H3. The molecule has 1 aliphatic rings. The molecule has 1 amide bonds. The van der Waals surface area contributed by atoms with Gasteiger partial charge in [-0.2, -0.15) is 0 Å². The zero-order chi connectivity index (χ0) is 20.4. The molecule has 1 atom stereocenters. The number of hydrogen-bond acceptors (Lipinski definition) is 7. The Hall–Kier alpha value is -1.41. The van der Waals surface area contributed by atoms with Gasteiger partial charge in [0.25, 0.3) is 11.1 Å². The van der Waals surface area contributed by atoms with E-state index in [0.717, 1.165) is 63.7 Å². The average molecular weight is 411 g/mol. The second kappa shape index (κ2) is 12.2. The van der Waals surface area contributed by atoms with Crippen molar-refractivity contribution in [1.82, 2.24) is 20.0 Å². The molecule has 1 aromatic heterocycles. The van der Waals surface area contributed by atoms with E-state index in [1.807, 2.05) is 14.1 Å². The first-order chi connectivity index (χ1) is 13.6. The van der Waals surface area contributed by atoms with Crippen molar-refractivity contribution in [3.63, 3.8) is 0 Å². The third-order valence-electron chi connectivity index (χ3n) is 5.20. The molecule has 0 radical (unpaired) electrons. The van der Waals surface area contributed by atoms with E-state index < -0.39 is 6.04 Å². The van der Waals surface area contributed by atoms with Crippen molar-refractivity contribution in [3.8, 4) is 0 Å². The van der Waals surface area contributed by atoms with E-state index in [0.29, 0.717) is 11.6 Å². The normalized spacial score (nSPS) is 16.3. The monoisotopic (exact) mass is 410 g/mol. The molecule has 0 saturated heterocycles. The van der Waals surface area contributed by atoms with Gasteiger partial charge in [0.05, 0.1) is 0 Å². The minimum Gasteiger partial charge on any atom is -0.408 e. The molecule has 1 unspecified atom stereocenters. The van der Waals surface area contributed by atoms with Gasteiger partial charge in [0.2, 0.25) is 12.2 Å². The molecule has 1 heterocycles. The Labute approximate surface area is 172 Å². The fraction of sp³-hybridized carbons (Fsp3) is 0.800. The summed E-state index contributed by atoms with van der Waals surface area (Å²) in [5, 5.41) is 8.42. The van der Waals surface area contributed by atoms with Crippen LogP contribution in [-0.4, -0.2) is 70.7 Å². The number of nitrogens with zero attached hydrogens (tertiary/aromatic N) is 4. The molecule has 0 aromatic carbocycles. The van der Waals surface area contributed by atoms with Crippen LogP contribution in [0.15, 0.2) is 9.64 Å². The van der Waals surface area contributed by atoms with Crippen molar-refractivity contribution in [2.75, 3.05) is 26.4 Å². The van der Waals surface area contributed by atoms with Gasteiger partial charge in [0, 0.05) is 11.8 Å². The summed E-state index contributed by atoms with van der Waals surface area (Å²) in [6.45, 7) is 3.07. The third kappa shape index (κ3) is 6.88. The number of carbonyl (C=O) groups excluding carboxylic acids is 2. The van der Waals surface area contributed by atoms with Crippen LogP contribution in [0.4, 0.5) is 0 Å². The van der Waals surface area contributed by atoms with Crippen molar-refractivity contribution >= 4 is 24.0 Å². The average Bonchev–Trinajstić information content (AvgIpc) is 3.17.